The van der Waals surface area contributed by atoms with E-state index in [1.165, 1.54) is 11.5 Å². The molecule has 1 aromatic heterocycles. The SMILES string of the molecule is Nc1cccc(C(=O)NCCN2CCSCC2)n1. The molecule has 2 rings (SSSR count). The Hall–Kier alpha value is -1.27. The summed E-state index contributed by atoms with van der Waals surface area (Å²) >= 11 is 1.98. The number of nitrogens with zero attached hydrogens (tertiary/aromatic N) is 2. The smallest absolute Gasteiger partial charge is 0.270 e. The molecule has 0 aromatic carbocycles. The molecule has 0 spiro atoms. The highest BCUT2D eigenvalue weighted by atomic mass is 32.2. The number of carbonyl (C=O) groups is 1. The van der Waals surface area contributed by atoms with Crippen molar-refractivity contribution in [2.45, 2.75) is 0 Å². The van der Waals surface area contributed by atoms with E-state index in [9.17, 15) is 4.79 Å². The second kappa shape index (κ2) is 6.61. The Morgan fingerprint density at radius 3 is 2.94 bits per heavy atom. The van der Waals surface area contributed by atoms with Gasteiger partial charge < -0.3 is 11.1 Å². The molecule has 1 aliphatic heterocycles. The number of nitrogen functional groups attached to an aromatic ring is 1. The number of amides is 1. The number of rotatable bonds is 4. The van der Waals surface area contributed by atoms with Gasteiger partial charge in [-0.3, -0.25) is 9.69 Å². The van der Waals surface area contributed by atoms with Crippen LogP contribution in [0.1, 0.15) is 10.5 Å². The molecule has 1 aliphatic rings. The van der Waals surface area contributed by atoms with Crippen LogP contribution in [-0.4, -0.2) is 53.5 Å². The first kappa shape index (κ1) is 13.2. The molecule has 1 amide bonds. The van der Waals surface area contributed by atoms with Gasteiger partial charge in [0.05, 0.1) is 0 Å². The minimum Gasteiger partial charge on any atom is -0.384 e. The Labute approximate surface area is 111 Å². The molecule has 6 heteroatoms. The van der Waals surface area contributed by atoms with E-state index in [1.807, 2.05) is 11.8 Å². The topological polar surface area (TPSA) is 71.2 Å². The van der Waals surface area contributed by atoms with Gasteiger partial charge in [-0.15, -0.1) is 0 Å². The van der Waals surface area contributed by atoms with Crippen molar-refractivity contribution in [3.8, 4) is 0 Å². The van der Waals surface area contributed by atoms with Gasteiger partial charge in [-0.25, -0.2) is 4.98 Å². The van der Waals surface area contributed by atoms with Crippen LogP contribution in [0.5, 0.6) is 0 Å². The van der Waals surface area contributed by atoms with E-state index in [-0.39, 0.29) is 5.91 Å². The molecule has 5 nitrogen and oxygen atoms in total. The zero-order valence-electron chi connectivity index (χ0n) is 10.3. The van der Waals surface area contributed by atoms with Crippen molar-refractivity contribution in [3.63, 3.8) is 0 Å². The Morgan fingerprint density at radius 2 is 2.22 bits per heavy atom. The first-order valence-electron chi connectivity index (χ1n) is 6.06. The van der Waals surface area contributed by atoms with Crippen LogP contribution in [0.3, 0.4) is 0 Å². The van der Waals surface area contributed by atoms with Gasteiger partial charge in [-0.05, 0) is 12.1 Å². The van der Waals surface area contributed by atoms with Gasteiger partial charge in [0.25, 0.3) is 5.91 Å². The van der Waals surface area contributed by atoms with Crippen molar-refractivity contribution >= 4 is 23.5 Å². The van der Waals surface area contributed by atoms with Crippen molar-refractivity contribution in [2.24, 2.45) is 0 Å². The van der Waals surface area contributed by atoms with Gasteiger partial charge in [0.15, 0.2) is 0 Å². The lowest BCUT2D eigenvalue weighted by Gasteiger charge is -2.25. The van der Waals surface area contributed by atoms with Crippen LogP contribution in [0.15, 0.2) is 18.2 Å². The number of aromatic nitrogens is 1. The summed E-state index contributed by atoms with van der Waals surface area (Å²) in [7, 11) is 0. The second-order valence-corrected chi connectivity index (χ2v) is 5.38. The van der Waals surface area contributed by atoms with Crippen molar-refractivity contribution in [1.29, 1.82) is 0 Å². The highest BCUT2D eigenvalue weighted by Crippen LogP contribution is 2.08. The van der Waals surface area contributed by atoms with E-state index in [0.29, 0.717) is 18.1 Å². The predicted molar refractivity (Wildman–Crippen MR) is 74.7 cm³/mol. The fraction of sp³-hybridized carbons (Fsp3) is 0.500. The third-order valence-corrected chi connectivity index (χ3v) is 3.76. The maximum absolute atomic E-state index is 11.8. The number of pyridine rings is 1. The van der Waals surface area contributed by atoms with Gasteiger partial charge in [0, 0.05) is 37.7 Å². The molecular formula is C12H18N4OS. The molecule has 98 valence electrons. The normalized spacial score (nSPS) is 16.4. The minimum absolute atomic E-state index is 0.159. The average molecular weight is 266 g/mol. The summed E-state index contributed by atoms with van der Waals surface area (Å²) in [6.45, 7) is 3.77. The Balaban J connectivity index is 1.74. The zero-order chi connectivity index (χ0) is 12.8. The van der Waals surface area contributed by atoms with Gasteiger partial charge in [-0.1, -0.05) is 6.07 Å². The van der Waals surface area contributed by atoms with Crippen molar-refractivity contribution < 1.29 is 4.79 Å². The average Bonchev–Trinajstić information content (AvgIpc) is 2.40. The lowest BCUT2D eigenvalue weighted by atomic mass is 10.3. The number of hydrogen-bond donors (Lipinski definition) is 2. The lowest BCUT2D eigenvalue weighted by Crippen LogP contribution is -2.39. The van der Waals surface area contributed by atoms with E-state index in [1.54, 1.807) is 18.2 Å². The predicted octanol–water partition coefficient (Wildman–Crippen LogP) is 0.442. The molecule has 18 heavy (non-hydrogen) atoms. The number of nitrogens with one attached hydrogen (secondary N) is 1. The molecule has 0 radical (unpaired) electrons. The lowest BCUT2D eigenvalue weighted by molar-refractivity contribution is 0.0944. The molecular weight excluding hydrogens is 248 g/mol. The molecule has 0 atom stereocenters. The molecule has 1 saturated heterocycles. The second-order valence-electron chi connectivity index (χ2n) is 4.16. The minimum atomic E-state index is -0.159. The Kier molecular flexibility index (Phi) is 4.83. The van der Waals surface area contributed by atoms with Gasteiger partial charge in [0.2, 0.25) is 0 Å². The summed E-state index contributed by atoms with van der Waals surface area (Å²) in [6, 6.07) is 5.07. The summed E-state index contributed by atoms with van der Waals surface area (Å²) in [4.78, 5) is 18.1. The summed E-state index contributed by atoms with van der Waals surface area (Å²) < 4.78 is 0. The Bertz CT molecular complexity index is 407. The standard InChI is InChI=1S/C12H18N4OS/c13-11-3-1-2-10(15-11)12(17)14-4-5-16-6-8-18-9-7-16/h1-3H,4-9H2,(H2,13,15)(H,14,17). The first-order chi connectivity index (χ1) is 8.75. The summed E-state index contributed by atoms with van der Waals surface area (Å²) in [6.07, 6.45) is 0. The highest BCUT2D eigenvalue weighted by Gasteiger charge is 2.11. The fourth-order valence-electron chi connectivity index (χ4n) is 1.82. The number of thioether (sulfide) groups is 1. The molecule has 0 saturated carbocycles. The highest BCUT2D eigenvalue weighted by molar-refractivity contribution is 7.99. The molecule has 0 bridgehead atoms. The van der Waals surface area contributed by atoms with E-state index >= 15 is 0 Å². The van der Waals surface area contributed by atoms with Crippen molar-refractivity contribution in [2.75, 3.05) is 43.4 Å². The fourth-order valence-corrected chi connectivity index (χ4v) is 2.80. The summed E-state index contributed by atoms with van der Waals surface area (Å²) in [5, 5.41) is 2.87. The third-order valence-electron chi connectivity index (χ3n) is 2.82. The molecule has 3 N–H and O–H groups in total. The van der Waals surface area contributed by atoms with Crippen molar-refractivity contribution in [1.82, 2.24) is 15.2 Å². The molecule has 2 heterocycles. The molecule has 0 unspecified atom stereocenters. The van der Waals surface area contributed by atoms with E-state index in [2.05, 4.69) is 15.2 Å². The quantitative estimate of drug-likeness (QED) is 0.827. The molecule has 0 aliphatic carbocycles. The van der Waals surface area contributed by atoms with Gasteiger partial charge >= 0.3 is 0 Å². The van der Waals surface area contributed by atoms with E-state index in [0.717, 1.165) is 19.6 Å². The van der Waals surface area contributed by atoms with Crippen LogP contribution < -0.4 is 11.1 Å². The summed E-state index contributed by atoms with van der Waals surface area (Å²) in [5.74, 6) is 2.58. The van der Waals surface area contributed by atoms with Gasteiger partial charge in [0.1, 0.15) is 11.5 Å². The summed E-state index contributed by atoms with van der Waals surface area (Å²) in [5.41, 5.74) is 5.92. The Morgan fingerprint density at radius 1 is 1.44 bits per heavy atom. The van der Waals surface area contributed by atoms with Crippen LogP contribution in [-0.2, 0) is 0 Å². The van der Waals surface area contributed by atoms with Crippen LogP contribution in [0.25, 0.3) is 0 Å². The maximum atomic E-state index is 11.8. The third kappa shape index (κ3) is 3.89. The van der Waals surface area contributed by atoms with E-state index < -0.39 is 0 Å². The number of hydrogen-bond acceptors (Lipinski definition) is 5. The largest absolute Gasteiger partial charge is 0.384 e. The van der Waals surface area contributed by atoms with Crippen LogP contribution in [0.4, 0.5) is 5.82 Å². The molecule has 1 aromatic rings. The first-order valence-corrected chi connectivity index (χ1v) is 7.22. The van der Waals surface area contributed by atoms with Crippen molar-refractivity contribution in [3.05, 3.63) is 23.9 Å². The zero-order valence-corrected chi connectivity index (χ0v) is 11.1. The van der Waals surface area contributed by atoms with E-state index in [4.69, 9.17) is 5.73 Å². The van der Waals surface area contributed by atoms with Gasteiger partial charge in [-0.2, -0.15) is 11.8 Å². The number of anilines is 1. The van der Waals surface area contributed by atoms with Crippen LogP contribution in [0.2, 0.25) is 0 Å². The maximum Gasteiger partial charge on any atom is 0.270 e. The monoisotopic (exact) mass is 266 g/mol. The molecule has 1 fully saturated rings. The number of carbonyl (C=O) groups excluding carboxylic acids is 1. The van der Waals surface area contributed by atoms with Crippen LogP contribution in [0, 0.1) is 0 Å². The van der Waals surface area contributed by atoms with Crippen LogP contribution >= 0.6 is 11.8 Å². The number of nitrogens with two attached hydrogens (primary N) is 1.